The third-order valence-corrected chi connectivity index (χ3v) is 5.48. The summed E-state index contributed by atoms with van der Waals surface area (Å²) in [5.74, 6) is -1.79. The minimum atomic E-state index is -1.85. The van der Waals surface area contributed by atoms with Gasteiger partial charge in [0.15, 0.2) is 11.3 Å². The molecule has 2 fully saturated rings. The number of nitrogens with two attached hydrogens (primary N) is 1. The zero-order valence-corrected chi connectivity index (χ0v) is 12.4. The van der Waals surface area contributed by atoms with E-state index in [0.29, 0.717) is 12.8 Å². The second kappa shape index (κ2) is 4.30. The van der Waals surface area contributed by atoms with Crippen LogP contribution in [-0.2, 0) is 14.3 Å². The second-order valence-electron chi connectivity index (χ2n) is 6.49. The Morgan fingerprint density at radius 3 is 2.81 bits per heavy atom. The smallest absolute Gasteiger partial charge is 0.341 e. The van der Waals surface area contributed by atoms with E-state index in [4.69, 9.17) is 10.5 Å². The van der Waals surface area contributed by atoms with Gasteiger partial charge in [-0.05, 0) is 32.6 Å². The lowest BCUT2D eigenvalue weighted by Gasteiger charge is -2.58. The van der Waals surface area contributed by atoms with Gasteiger partial charge in [0, 0.05) is 5.92 Å². The molecular formula is C15H22N2O4. The summed E-state index contributed by atoms with van der Waals surface area (Å²) in [5, 5.41) is 13.7. The largest absolute Gasteiger partial charge is 0.453 e. The maximum Gasteiger partial charge on any atom is 0.341 e. The number of ether oxygens (including phenoxy) is 1. The summed E-state index contributed by atoms with van der Waals surface area (Å²) in [6.07, 6.45) is 6.84. The van der Waals surface area contributed by atoms with Crippen molar-refractivity contribution in [1.29, 1.82) is 0 Å². The Hall–Kier alpha value is -1.40. The van der Waals surface area contributed by atoms with Crippen LogP contribution in [0.1, 0.15) is 39.5 Å². The normalized spacial score (nSPS) is 44.4. The van der Waals surface area contributed by atoms with Crippen LogP contribution in [0.4, 0.5) is 0 Å². The van der Waals surface area contributed by atoms with E-state index in [-0.39, 0.29) is 11.8 Å². The summed E-state index contributed by atoms with van der Waals surface area (Å²) >= 11 is 0. The fourth-order valence-corrected chi connectivity index (χ4v) is 4.22. The number of carbonyl (C=O) groups excluding carboxylic acids is 2. The van der Waals surface area contributed by atoms with Gasteiger partial charge in [-0.15, -0.1) is 0 Å². The van der Waals surface area contributed by atoms with E-state index in [1.807, 2.05) is 19.1 Å². The lowest BCUT2D eigenvalue weighted by Crippen LogP contribution is -2.87. The van der Waals surface area contributed by atoms with Gasteiger partial charge in [-0.2, -0.15) is 0 Å². The molecule has 4 N–H and O–H groups in total. The van der Waals surface area contributed by atoms with Gasteiger partial charge < -0.3 is 20.9 Å². The van der Waals surface area contributed by atoms with E-state index in [9.17, 15) is 14.7 Å². The lowest BCUT2D eigenvalue weighted by atomic mass is 9.61. The molecule has 2 saturated heterocycles. The fraction of sp³-hybridized carbons (Fsp3) is 0.733. The highest BCUT2D eigenvalue weighted by Gasteiger charge is 2.83. The molecule has 3 aliphatic rings. The Morgan fingerprint density at radius 2 is 2.29 bits per heavy atom. The van der Waals surface area contributed by atoms with Gasteiger partial charge in [0.25, 0.3) is 0 Å². The number of nitrogens with one attached hydrogen (secondary N) is 1. The standard InChI is InChI=1S/C15H22N2O4/c1-3-10-11(18)17-14(12(19)21-13(10,14)2)15(16,20)9-7-5-4-6-8-9/h5,7,9-10,20H,3-4,6,8,16H2,1-2H3,(H,17,18)/t9-,10+,13+,14+,15+/m1/s1. The van der Waals surface area contributed by atoms with Crippen molar-refractivity contribution in [3.8, 4) is 0 Å². The van der Waals surface area contributed by atoms with Crippen LogP contribution in [0.2, 0.25) is 0 Å². The minimum absolute atomic E-state index is 0.283. The van der Waals surface area contributed by atoms with Crippen molar-refractivity contribution in [1.82, 2.24) is 5.32 Å². The van der Waals surface area contributed by atoms with E-state index in [2.05, 4.69) is 5.32 Å². The molecular weight excluding hydrogens is 272 g/mol. The molecule has 21 heavy (non-hydrogen) atoms. The first-order valence-electron chi connectivity index (χ1n) is 7.54. The van der Waals surface area contributed by atoms with E-state index in [0.717, 1.165) is 12.8 Å². The first-order valence-corrected chi connectivity index (χ1v) is 7.54. The number of hydrogen-bond acceptors (Lipinski definition) is 5. The van der Waals surface area contributed by atoms with Gasteiger partial charge in [0.1, 0.15) is 0 Å². The molecule has 6 heteroatoms. The van der Waals surface area contributed by atoms with Crippen LogP contribution >= 0.6 is 0 Å². The number of rotatable bonds is 3. The van der Waals surface area contributed by atoms with E-state index >= 15 is 0 Å². The predicted octanol–water partition coefficient (Wildman–Crippen LogP) is 0.200. The van der Waals surface area contributed by atoms with Crippen molar-refractivity contribution in [2.75, 3.05) is 0 Å². The number of aliphatic hydroxyl groups is 1. The van der Waals surface area contributed by atoms with Crippen LogP contribution in [0.5, 0.6) is 0 Å². The molecule has 2 heterocycles. The zero-order valence-electron chi connectivity index (χ0n) is 12.4. The van der Waals surface area contributed by atoms with Crippen molar-refractivity contribution in [2.24, 2.45) is 17.6 Å². The fourth-order valence-electron chi connectivity index (χ4n) is 4.22. The average Bonchev–Trinajstić information content (AvgIpc) is 2.63. The number of amides is 1. The van der Waals surface area contributed by atoms with Gasteiger partial charge in [0.05, 0.1) is 5.92 Å². The van der Waals surface area contributed by atoms with Crippen LogP contribution in [-0.4, -0.2) is 33.8 Å². The Labute approximate surface area is 123 Å². The summed E-state index contributed by atoms with van der Waals surface area (Å²) in [6, 6.07) is 0. The molecule has 0 saturated carbocycles. The number of esters is 1. The van der Waals surface area contributed by atoms with Crippen LogP contribution in [0, 0.1) is 11.8 Å². The number of hydrogen-bond donors (Lipinski definition) is 3. The van der Waals surface area contributed by atoms with Crippen molar-refractivity contribution in [3.05, 3.63) is 12.2 Å². The summed E-state index contributed by atoms with van der Waals surface area (Å²) in [7, 11) is 0. The van der Waals surface area contributed by atoms with Crippen LogP contribution in [0.15, 0.2) is 12.2 Å². The predicted molar refractivity (Wildman–Crippen MR) is 74.8 cm³/mol. The molecule has 0 unspecified atom stereocenters. The maximum absolute atomic E-state index is 12.2. The first kappa shape index (κ1) is 14.5. The molecule has 0 radical (unpaired) electrons. The molecule has 6 nitrogen and oxygen atoms in total. The van der Waals surface area contributed by atoms with Gasteiger partial charge in [0.2, 0.25) is 11.4 Å². The summed E-state index contributed by atoms with van der Waals surface area (Å²) in [5.41, 5.74) is 1.72. The van der Waals surface area contributed by atoms with E-state index < -0.39 is 28.8 Å². The molecule has 1 aliphatic carbocycles. The number of carbonyl (C=O) groups is 2. The Morgan fingerprint density at radius 1 is 1.57 bits per heavy atom. The van der Waals surface area contributed by atoms with Crippen molar-refractivity contribution < 1.29 is 19.4 Å². The minimum Gasteiger partial charge on any atom is -0.453 e. The summed E-state index contributed by atoms with van der Waals surface area (Å²) in [4.78, 5) is 24.5. The molecule has 0 bridgehead atoms. The SMILES string of the molecule is CC[C@H]1C(=O)N[C@@]2([C@@](N)(O)[C@@H]3C=CCCC3)C(=O)O[C@@]12C. The molecule has 2 aliphatic heterocycles. The van der Waals surface area contributed by atoms with Crippen LogP contribution < -0.4 is 11.1 Å². The first-order chi connectivity index (χ1) is 9.81. The van der Waals surface area contributed by atoms with E-state index in [1.54, 1.807) is 6.92 Å². The van der Waals surface area contributed by atoms with Gasteiger partial charge >= 0.3 is 5.97 Å². The molecule has 5 atom stereocenters. The molecule has 0 spiro atoms. The topological polar surface area (TPSA) is 102 Å². The maximum atomic E-state index is 12.2. The average molecular weight is 294 g/mol. The number of fused-ring (bicyclic) bond motifs is 1. The Kier molecular flexibility index (Phi) is 2.98. The molecule has 1 amide bonds. The lowest BCUT2D eigenvalue weighted by molar-refractivity contribution is -0.258. The summed E-state index contributed by atoms with van der Waals surface area (Å²) < 4.78 is 5.32. The Bertz CT molecular complexity index is 530. The van der Waals surface area contributed by atoms with Crippen molar-refractivity contribution in [2.45, 2.75) is 56.4 Å². The summed E-state index contributed by atoms with van der Waals surface area (Å²) in [6.45, 7) is 3.54. The molecule has 116 valence electrons. The van der Waals surface area contributed by atoms with Crippen LogP contribution in [0.3, 0.4) is 0 Å². The van der Waals surface area contributed by atoms with Gasteiger partial charge in [-0.25, -0.2) is 4.79 Å². The molecule has 3 rings (SSSR count). The second-order valence-corrected chi connectivity index (χ2v) is 6.49. The molecule has 0 aromatic carbocycles. The number of allylic oxidation sites excluding steroid dienone is 1. The Balaban J connectivity index is 2.06. The van der Waals surface area contributed by atoms with Crippen LogP contribution in [0.25, 0.3) is 0 Å². The zero-order chi connectivity index (χ0) is 15.5. The van der Waals surface area contributed by atoms with Gasteiger partial charge in [-0.3, -0.25) is 4.79 Å². The third kappa shape index (κ3) is 1.49. The highest BCUT2D eigenvalue weighted by molar-refractivity contribution is 6.02. The molecule has 0 aromatic heterocycles. The van der Waals surface area contributed by atoms with Crippen molar-refractivity contribution in [3.63, 3.8) is 0 Å². The monoisotopic (exact) mass is 294 g/mol. The van der Waals surface area contributed by atoms with Crippen molar-refractivity contribution >= 4 is 11.9 Å². The molecule has 0 aromatic rings. The van der Waals surface area contributed by atoms with Gasteiger partial charge in [-0.1, -0.05) is 19.1 Å². The third-order valence-electron chi connectivity index (χ3n) is 5.48. The quantitative estimate of drug-likeness (QED) is 0.392. The van der Waals surface area contributed by atoms with E-state index in [1.165, 1.54) is 0 Å². The highest BCUT2D eigenvalue weighted by atomic mass is 16.6. The highest BCUT2D eigenvalue weighted by Crippen LogP contribution is 2.55.